The fourth-order valence-corrected chi connectivity index (χ4v) is 2.50. The van der Waals surface area contributed by atoms with Crippen LogP contribution in [0.2, 0.25) is 0 Å². The molecule has 0 N–H and O–H groups in total. The van der Waals surface area contributed by atoms with E-state index in [0.29, 0.717) is 28.0 Å². The highest BCUT2D eigenvalue weighted by Crippen LogP contribution is 2.27. The van der Waals surface area contributed by atoms with Crippen molar-refractivity contribution in [2.75, 3.05) is 14.2 Å². The summed E-state index contributed by atoms with van der Waals surface area (Å²) in [5.74, 6) is 1.99. The Morgan fingerprint density at radius 2 is 1.55 bits per heavy atom. The lowest BCUT2D eigenvalue weighted by molar-refractivity contribution is 0.414. The topological polar surface area (TPSA) is 48.7 Å². The zero-order valence-electron chi connectivity index (χ0n) is 12.7. The van der Waals surface area contributed by atoms with Crippen molar-refractivity contribution in [2.45, 2.75) is 6.92 Å². The fourth-order valence-electron chi connectivity index (χ4n) is 2.50. The van der Waals surface area contributed by atoms with Gasteiger partial charge in [0.25, 0.3) is 0 Å². The first-order valence-corrected chi connectivity index (χ1v) is 6.90. The third-order valence-electron chi connectivity index (χ3n) is 3.65. The Morgan fingerprint density at radius 1 is 0.909 bits per heavy atom. The van der Waals surface area contributed by atoms with Crippen molar-refractivity contribution in [2.24, 2.45) is 0 Å². The molecule has 0 atom stereocenters. The van der Waals surface area contributed by atoms with E-state index in [4.69, 9.17) is 13.9 Å². The molecule has 2 aromatic carbocycles. The van der Waals surface area contributed by atoms with Crippen LogP contribution in [0.5, 0.6) is 11.5 Å². The molecule has 0 aliphatic rings. The van der Waals surface area contributed by atoms with Gasteiger partial charge < -0.3 is 13.9 Å². The Bertz CT molecular complexity index is 876. The Kier molecular flexibility index (Phi) is 3.59. The van der Waals surface area contributed by atoms with E-state index in [1.807, 2.05) is 24.3 Å². The predicted octanol–water partition coefficient (Wildman–Crippen LogP) is 3.79. The molecule has 1 heterocycles. The maximum atomic E-state index is 12.8. The fraction of sp³-hybridized carbons (Fsp3) is 0.167. The van der Waals surface area contributed by atoms with Gasteiger partial charge in [0, 0.05) is 6.07 Å². The first-order valence-electron chi connectivity index (χ1n) is 6.90. The number of fused-ring (bicyclic) bond motifs is 1. The number of ether oxygens (including phenoxy) is 2. The number of rotatable bonds is 3. The van der Waals surface area contributed by atoms with Gasteiger partial charge in [0.15, 0.2) is 0 Å². The van der Waals surface area contributed by atoms with Gasteiger partial charge in [-0.2, -0.15) is 0 Å². The third kappa shape index (κ3) is 2.33. The quantitative estimate of drug-likeness (QED) is 0.738. The van der Waals surface area contributed by atoms with Crippen LogP contribution >= 0.6 is 0 Å². The van der Waals surface area contributed by atoms with Crippen LogP contribution in [0.3, 0.4) is 0 Å². The summed E-state index contributed by atoms with van der Waals surface area (Å²) in [7, 11) is 3.19. The second-order valence-corrected chi connectivity index (χ2v) is 4.95. The zero-order valence-corrected chi connectivity index (χ0v) is 12.7. The summed E-state index contributed by atoms with van der Waals surface area (Å²) in [6, 6.07) is 12.6. The number of methoxy groups -OCH3 is 2. The SMILES string of the molecule is COc1ccc(-c2c(C)oc3cc(OC)ccc3c2=O)cc1. The second kappa shape index (κ2) is 5.56. The van der Waals surface area contributed by atoms with Crippen molar-refractivity contribution in [3.8, 4) is 22.6 Å². The molecule has 112 valence electrons. The highest BCUT2D eigenvalue weighted by molar-refractivity contribution is 5.83. The zero-order chi connectivity index (χ0) is 15.7. The van der Waals surface area contributed by atoms with Gasteiger partial charge in [-0.3, -0.25) is 4.79 Å². The van der Waals surface area contributed by atoms with Crippen molar-refractivity contribution in [1.82, 2.24) is 0 Å². The van der Waals surface area contributed by atoms with E-state index >= 15 is 0 Å². The van der Waals surface area contributed by atoms with E-state index in [1.54, 1.807) is 39.3 Å². The van der Waals surface area contributed by atoms with Crippen molar-refractivity contribution in [1.29, 1.82) is 0 Å². The minimum atomic E-state index is -0.0495. The second-order valence-electron chi connectivity index (χ2n) is 4.95. The lowest BCUT2D eigenvalue weighted by atomic mass is 10.0. The molecule has 0 bridgehead atoms. The van der Waals surface area contributed by atoms with Crippen LogP contribution in [0.4, 0.5) is 0 Å². The van der Waals surface area contributed by atoms with Gasteiger partial charge in [-0.05, 0) is 36.8 Å². The molecular formula is C18H16O4. The molecule has 0 radical (unpaired) electrons. The van der Waals surface area contributed by atoms with Gasteiger partial charge in [0.1, 0.15) is 22.8 Å². The van der Waals surface area contributed by atoms with Gasteiger partial charge >= 0.3 is 0 Å². The van der Waals surface area contributed by atoms with Crippen LogP contribution < -0.4 is 14.9 Å². The van der Waals surface area contributed by atoms with Gasteiger partial charge in [-0.1, -0.05) is 12.1 Å². The maximum Gasteiger partial charge on any atom is 0.200 e. The molecule has 3 aromatic rings. The number of hydrogen-bond donors (Lipinski definition) is 0. The smallest absolute Gasteiger partial charge is 0.200 e. The first kappa shape index (κ1) is 14.2. The van der Waals surface area contributed by atoms with E-state index in [-0.39, 0.29) is 5.43 Å². The summed E-state index contributed by atoms with van der Waals surface area (Å²) < 4.78 is 16.1. The van der Waals surface area contributed by atoms with Crippen molar-refractivity contribution < 1.29 is 13.9 Å². The molecule has 0 amide bonds. The predicted molar refractivity (Wildman–Crippen MR) is 85.8 cm³/mol. The summed E-state index contributed by atoms with van der Waals surface area (Å²) in [6.45, 7) is 1.79. The molecule has 4 nitrogen and oxygen atoms in total. The Balaban J connectivity index is 2.23. The van der Waals surface area contributed by atoms with E-state index in [1.165, 1.54) is 0 Å². The maximum absolute atomic E-state index is 12.8. The van der Waals surface area contributed by atoms with Crippen LogP contribution in [-0.2, 0) is 0 Å². The summed E-state index contributed by atoms with van der Waals surface area (Å²) in [6.07, 6.45) is 0. The molecule has 3 rings (SSSR count). The highest BCUT2D eigenvalue weighted by Gasteiger charge is 2.14. The Labute approximate surface area is 127 Å². The Morgan fingerprint density at radius 3 is 2.18 bits per heavy atom. The minimum absolute atomic E-state index is 0.0495. The molecule has 0 fully saturated rings. The number of hydrogen-bond acceptors (Lipinski definition) is 4. The van der Waals surface area contributed by atoms with Crippen LogP contribution in [0, 0.1) is 6.92 Å². The van der Waals surface area contributed by atoms with Crippen LogP contribution in [0.1, 0.15) is 5.76 Å². The van der Waals surface area contributed by atoms with Crippen LogP contribution in [0.25, 0.3) is 22.1 Å². The average Bonchev–Trinajstić information content (AvgIpc) is 2.55. The summed E-state index contributed by atoms with van der Waals surface area (Å²) in [5.41, 5.74) is 1.86. The van der Waals surface area contributed by atoms with E-state index in [2.05, 4.69) is 0 Å². The highest BCUT2D eigenvalue weighted by atomic mass is 16.5. The molecule has 0 spiro atoms. The van der Waals surface area contributed by atoms with Gasteiger partial charge in [0.05, 0.1) is 25.2 Å². The van der Waals surface area contributed by atoms with E-state index < -0.39 is 0 Å². The third-order valence-corrected chi connectivity index (χ3v) is 3.65. The van der Waals surface area contributed by atoms with Crippen LogP contribution in [-0.4, -0.2) is 14.2 Å². The lowest BCUT2D eigenvalue weighted by Crippen LogP contribution is -2.07. The normalized spacial score (nSPS) is 10.7. The lowest BCUT2D eigenvalue weighted by Gasteiger charge is -2.08. The molecule has 1 aromatic heterocycles. The molecule has 4 heteroatoms. The summed E-state index contributed by atoms with van der Waals surface area (Å²) in [5, 5.41) is 0.539. The van der Waals surface area contributed by atoms with Gasteiger partial charge in [0.2, 0.25) is 5.43 Å². The van der Waals surface area contributed by atoms with Crippen molar-refractivity contribution >= 4 is 11.0 Å². The summed E-state index contributed by atoms with van der Waals surface area (Å²) in [4.78, 5) is 12.8. The largest absolute Gasteiger partial charge is 0.497 e. The van der Waals surface area contributed by atoms with Crippen molar-refractivity contribution in [3.05, 3.63) is 58.4 Å². The van der Waals surface area contributed by atoms with Crippen LogP contribution in [0.15, 0.2) is 51.7 Å². The van der Waals surface area contributed by atoms with E-state index in [0.717, 1.165) is 11.3 Å². The first-order chi connectivity index (χ1) is 10.6. The average molecular weight is 296 g/mol. The molecule has 0 saturated carbocycles. The standard InChI is InChI=1S/C18H16O4/c1-11-17(12-4-6-13(20-2)7-5-12)18(19)15-9-8-14(21-3)10-16(15)22-11/h4-10H,1-3H3. The van der Waals surface area contributed by atoms with E-state index in [9.17, 15) is 4.79 Å². The molecular weight excluding hydrogens is 280 g/mol. The Hall–Kier alpha value is -2.75. The minimum Gasteiger partial charge on any atom is -0.497 e. The monoisotopic (exact) mass is 296 g/mol. The molecule has 0 aliphatic carbocycles. The number of benzene rings is 2. The molecule has 0 unspecified atom stereocenters. The molecule has 22 heavy (non-hydrogen) atoms. The molecule has 0 saturated heterocycles. The van der Waals surface area contributed by atoms with Gasteiger partial charge in [-0.15, -0.1) is 0 Å². The summed E-state index contributed by atoms with van der Waals surface area (Å²) >= 11 is 0. The van der Waals surface area contributed by atoms with Crippen molar-refractivity contribution in [3.63, 3.8) is 0 Å². The van der Waals surface area contributed by atoms with Gasteiger partial charge in [-0.25, -0.2) is 0 Å². The molecule has 0 aliphatic heterocycles. The number of aryl methyl sites for hydroxylation is 1.